The van der Waals surface area contributed by atoms with Gasteiger partial charge in [0.1, 0.15) is 0 Å². The van der Waals surface area contributed by atoms with Gasteiger partial charge in [-0.3, -0.25) is 0 Å². The summed E-state index contributed by atoms with van der Waals surface area (Å²) in [5, 5.41) is 0. The van der Waals surface area contributed by atoms with Gasteiger partial charge in [0.25, 0.3) is 0 Å². The molecule has 0 bridgehead atoms. The molecular formula is C12H36O4Si5. The number of hydrogen-bond acceptors (Lipinski definition) is 4. The van der Waals surface area contributed by atoms with Crippen molar-refractivity contribution in [3.8, 4) is 0 Å². The molecule has 128 valence electrons. The molecule has 0 rings (SSSR count). The Hall–Kier alpha value is 0.924. The van der Waals surface area contributed by atoms with Crippen LogP contribution in [0.4, 0.5) is 0 Å². The van der Waals surface area contributed by atoms with E-state index in [0.29, 0.717) is 0 Å². The first kappa shape index (κ1) is 21.9. The maximum Gasteiger partial charge on any atom is 0.312 e. The van der Waals surface area contributed by atoms with Crippen molar-refractivity contribution in [3.63, 3.8) is 0 Å². The van der Waals surface area contributed by atoms with Crippen LogP contribution in [0.3, 0.4) is 0 Å². The van der Waals surface area contributed by atoms with Gasteiger partial charge in [-0.1, -0.05) is 19.8 Å². The van der Waals surface area contributed by atoms with Crippen molar-refractivity contribution in [1.82, 2.24) is 0 Å². The molecule has 0 amide bonds. The van der Waals surface area contributed by atoms with E-state index in [4.69, 9.17) is 16.5 Å². The summed E-state index contributed by atoms with van der Waals surface area (Å²) in [6.45, 7) is 19.6. The van der Waals surface area contributed by atoms with Gasteiger partial charge in [-0.2, -0.15) is 0 Å². The normalized spacial score (nSPS) is 13.7. The lowest BCUT2D eigenvalue weighted by molar-refractivity contribution is 0.318. The Bertz CT molecular complexity index is 263. The molecule has 0 radical (unpaired) electrons. The van der Waals surface area contributed by atoms with Gasteiger partial charge < -0.3 is 16.5 Å². The third-order valence-corrected chi connectivity index (χ3v) is 18.5. The second kappa shape index (κ2) is 9.93. The van der Waals surface area contributed by atoms with Crippen LogP contribution >= 0.6 is 0 Å². The van der Waals surface area contributed by atoms with E-state index >= 15 is 0 Å². The lowest BCUT2D eigenvalue weighted by Gasteiger charge is -2.35. The summed E-state index contributed by atoms with van der Waals surface area (Å²) in [7, 11) is -7.92. The van der Waals surface area contributed by atoms with E-state index in [9.17, 15) is 0 Å². The van der Waals surface area contributed by atoms with Crippen molar-refractivity contribution >= 4 is 44.5 Å². The summed E-state index contributed by atoms with van der Waals surface area (Å²) in [4.78, 5) is 0. The first-order valence-electron chi connectivity index (χ1n) is 8.18. The zero-order valence-electron chi connectivity index (χ0n) is 15.5. The standard InChI is InChI=1S/C12H36O4Si5/c1-10-11-12-19(15-20(6,7)13-17(2)3)16-21(8,9)14-18(4)5/h17-19H,10-12H2,1-9H3. The average molecular weight is 385 g/mol. The molecule has 0 heterocycles. The van der Waals surface area contributed by atoms with Crippen LogP contribution in [0.25, 0.3) is 0 Å². The summed E-state index contributed by atoms with van der Waals surface area (Å²) in [5.41, 5.74) is 0. The molecule has 0 aromatic rings. The summed E-state index contributed by atoms with van der Waals surface area (Å²) in [6, 6.07) is 1.06. The highest BCUT2D eigenvalue weighted by Crippen LogP contribution is 2.19. The Kier molecular flexibility index (Phi) is 10.4. The van der Waals surface area contributed by atoms with Gasteiger partial charge in [0, 0.05) is 0 Å². The third kappa shape index (κ3) is 12.1. The fraction of sp³-hybridized carbons (Fsp3) is 1.00. The summed E-state index contributed by atoms with van der Waals surface area (Å²) in [5.74, 6) is 0. The lowest BCUT2D eigenvalue weighted by atomic mass is 10.4. The van der Waals surface area contributed by atoms with Gasteiger partial charge in [-0.05, 0) is 58.4 Å². The molecule has 0 N–H and O–H groups in total. The average Bonchev–Trinajstić information content (AvgIpc) is 2.20. The molecule has 9 heteroatoms. The Morgan fingerprint density at radius 1 is 0.714 bits per heavy atom. The molecule has 0 aromatic heterocycles. The molecule has 0 spiro atoms. The Balaban J connectivity index is 4.71. The van der Waals surface area contributed by atoms with Crippen LogP contribution in [0, 0.1) is 0 Å². The van der Waals surface area contributed by atoms with E-state index in [-0.39, 0.29) is 0 Å². The summed E-state index contributed by atoms with van der Waals surface area (Å²) < 4.78 is 25.1. The minimum atomic E-state index is -2.04. The second-order valence-corrected chi connectivity index (χ2v) is 21.9. The Labute approximate surface area is 139 Å². The molecule has 21 heavy (non-hydrogen) atoms. The van der Waals surface area contributed by atoms with Crippen LogP contribution in [0.15, 0.2) is 0 Å². The van der Waals surface area contributed by atoms with E-state index < -0.39 is 44.5 Å². The highest BCUT2D eigenvalue weighted by molar-refractivity contribution is 6.81. The quantitative estimate of drug-likeness (QED) is 0.511. The maximum atomic E-state index is 6.41. The lowest BCUT2D eigenvalue weighted by Crippen LogP contribution is -2.50. The van der Waals surface area contributed by atoms with Crippen molar-refractivity contribution in [2.45, 2.75) is 78.2 Å². The van der Waals surface area contributed by atoms with Crippen LogP contribution in [0.1, 0.15) is 19.8 Å². The predicted molar refractivity (Wildman–Crippen MR) is 104 cm³/mol. The van der Waals surface area contributed by atoms with Gasteiger partial charge in [-0.15, -0.1) is 0 Å². The SMILES string of the molecule is CCCC[SiH](O[Si](C)(C)O[SiH](C)C)O[Si](C)(C)O[SiH](C)C. The fourth-order valence-corrected chi connectivity index (χ4v) is 20.2. The van der Waals surface area contributed by atoms with Crippen LogP contribution in [0.5, 0.6) is 0 Å². The molecule has 0 saturated carbocycles. The topological polar surface area (TPSA) is 36.9 Å². The Morgan fingerprint density at radius 3 is 1.38 bits per heavy atom. The van der Waals surface area contributed by atoms with Crippen molar-refractivity contribution in [3.05, 3.63) is 0 Å². The van der Waals surface area contributed by atoms with Crippen LogP contribution in [0.2, 0.25) is 58.4 Å². The molecule has 0 aromatic carbocycles. The van der Waals surface area contributed by atoms with Crippen molar-refractivity contribution in [2.75, 3.05) is 0 Å². The molecule has 0 aliphatic heterocycles. The molecule has 0 unspecified atom stereocenters. The largest absolute Gasteiger partial charge is 0.440 e. The van der Waals surface area contributed by atoms with Crippen molar-refractivity contribution in [2.24, 2.45) is 0 Å². The highest BCUT2D eigenvalue weighted by Gasteiger charge is 2.36. The van der Waals surface area contributed by atoms with Crippen LogP contribution in [-0.2, 0) is 16.5 Å². The van der Waals surface area contributed by atoms with Gasteiger partial charge >= 0.3 is 26.4 Å². The molecule has 0 fully saturated rings. The predicted octanol–water partition coefficient (Wildman–Crippen LogP) is 3.44. The van der Waals surface area contributed by atoms with Crippen LogP contribution < -0.4 is 0 Å². The van der Waals surface area contributed by atoms with Gasteiger partial charge in [0.2, 0.25) is 0 Å². The molecule has 0 aliphatic carbocycles. The second-order valence-electron chi connectivity index (χ2n) is 6.94. The van der Waals surface area contributed by atoms with Crippen molar-refractivity contribution < 1.29 is 16.5 Å². The van der Waals surface area contributed by atoms with Crippen LogP contribution in [-0.4, -0.2) is 44.5 Å². The monoisotopic (exact) mass is 384 g/mol. The minimum absolute atomic E-state index is 1.06. The van der Waals surface area contributed by atoms with E-state index in [2.05, 4.69) is 59.3 Å². The molecule has 4 nitrogen and oxygen atoms in total. The van der Waals surface area contributed by atoms with Gasteiger partial charge in [0.05, 0.1) is 0 Å². The summed E-state index contributed by atoms with van der Waals surface area (Å²) >= 11 is 0. The van der Waals surface area contributed by atoms with E-state index in [1.54, 1.807) is 0 Å². The fourth-order valence-electron chi connectivity index (χ4n) is 2.34. The van der Waals surface area contributed by atoms with E-state index in [0.717, 1.165) is 6.04 Å². The number of rotatable bonds is 11. The number of hydrogen-bond donors (Lipinski definition) is 0. The zero-order chi connectivity index (χ0) is 16.7. The Morgan fingerprint density at radius 2 is 1.10 bits per heavy atom. The first-order chi connectivity index (χ1) is 9.47. The first-order valence-corrected chi connectivity index (χ1v) is 21.1. The van der Waals surface area contributed by atoms with Gasteiger partial charge in [0.15, 0.2) is 18.1 Å². The molecule has 0 atom stereocenters. The third-order valence-electron chi connectivity index (χ3n) is 2.66. The van der Waals surface area contributed by atoms with Crippen molar-refractivity contribution in [1.29, 1.82) is 0 Å². The molecular weight excluding hydrogens is 349 g/mol. The highest BCUT2D eigenvalue weighted by atomic mass is 28.5. The van der Waals surface area contributed by atoms with E-state index in [1.807, 2.05) is 0 Å². The smallest absolute Gasteiger partial charge is 0.312 e. The molecule has 0 aliphatic rings. The van der Waals surface area contributed by atoms with Gasteiger partial charge in [-0.25, -0.2) is 0 Å². The molecule has 0 saturated heterocycles. The number of unbranched alkanes of at least 4 members (excludes halogenated alkanes) is 1. The minimum Gasteiger partial charge on any atom is -0.440 e. The zero-order valence-corrected chi connectivity index (χ0v) is 21.0. The maximum absolute atomic E-state index is 6.41. The summed E-state index contributed by atoms with van der Waals surface area (Å²) in [6.07, 6.45) is 2.35. The van der Waals surface area contributed by atoms with E-state index in [1.165, 1.54) is 12.8 Å².